The largest absolute Gasteiger partial charge is 0.324 e. The van der Waals surface area contributed by atoms with Gasteiger partial charge < -0.3 is 10.6 Å². The Bertz CT molecular complexity index is 316. The van der Waals surface area contributed by atoms with Gasteiger partial charge in [-0.3, -0.25) is 0 Å². The average Bonchev–Trinajstić information content (AvgIpc) is 2.42. The molecule has 1 aromatic carbocycles. The molecule has 18 heavy (non-hydrogen) atoms. The minimum atomic E-state index is 0.154. The van der Waals surface area contributed by atoms with E-state index in [-0.39, 0.29) is 6.04 Å². The molecule has 0 radical (unpaired) electrons. The van der Waals surface area contributed by atoms with Crippen LogP contribution in [0.2, 0.25) is 0 Å². The fourth-order valence-electron chi connectivity index (χ4n) is 1.94. The minimum Gasteiger partial charge on any atom is -0.324 e. The summed E-state index contributed by atoms with van der Waals surface area (Å²) in [4.78, 5) is 2.42. The van der Waals surface area contributed by atoms with Crippen molar-refractivity contribution in [3.8, 4) is 0 Å². The highest BCUT2D eigenvalue weighted by atomic mass is 32.2. The fourth-order valence-corrected chi connectivity index (χ4v) is 2.52. The molecule has 0 aliphatic carbocycles. The van der Waals surface area contributed by atoms with E-state index in [0.717, 1.165) is 13.0 Å². The van der Waals surface area contributed by atoms with Crippen molar-refractivity contribution in [1.29, 1.82) is 0 Å². The van der Waals surface area contributed by atoms with Crippen molar-refractivity contribution in [1.82, 2.24) is 4.90 Å². The van der Waals surface area contributed by atoms with Crippen molar-refractivity contribution >= 4 is 11.8 Å². The first-order valence-corrected chi connectivity index (χ1v) is 8.04. The highest BCUT2D eigenvalue weighted by Crippen LogP contribution is 2.15. The zero-order chi connectivity index (χ0) is 13.4. The molecule has 0 amide bonds. The van der Waals surface area contributed by atoms with Crippen LogP contribution in [-0.4, -0.2) is 36.5 Å². The van der Waals surface area contributed by atoms with Gasteiger partial charge in [0.2, 0.25) is 0 Å². The summed E-state index contributed by atoms with van der Waals surface area (Å²) in [5.41, 5.74) is 7.45. The Labute approximate surface area is 116 Å². The van der Waals surface area contributed by atoms with Crippen LogP contribution in [0.3, 0.4) is 0 Å². The standard InChI is InChI=1S/C15H26N2S/c1-13(10-12-18-3)17(2)11-9-15(16)14-7-5-4-6-8-14/h4-8,13,15H,9-12,16H2,1-3H3. The van der Waals surface area contributed by atoms with E-state index >= 15 is 0 Å². The fraction of sp³-hybridized carbons (Fsp3) is 0.600. The molecule has 0 saturated heterocycles. The van der Waals surface area contributed by atoms with Gasteiger partial charge >= 0.3 is 0 Å². The molecular formula is C15H26N2S. The molecule has 0 spiro atoms. The Kier molecular flexibility index (Phi) is 7.40. The van der Waals surface area contributed by atoms with Crippen LogP contribution in [0.4, 0.5) is 0 Å². The highest BCUT2D eigenvalue weighted by molar-refractivity contribution is 7.98. The van der Waals surface area contributed by atoms with Crippen LogP contribution in [0.5, 0.6) is 0 Å². The first-order chi connectivity index (χ1) is 8.65. The van der Waals surface area contributed by atoms with Gasteiger partial charge in [0.25, 0.3) is 0 Å². The molecule has 0 aliphatic heterocycles. The Balaban J connectivity index is 2.31. The van der Waals surface area contributed by atoms with E-state index in [1.807, 2.05) is 17.8 Å². The van der Waals surface area contributed by atoms with Crippen molar-refractivity contribution in [2.45, 2.75) is 31.8 Å². The molecule has 1 aromatic rings. The third-order valence-electron chi connectivity index (χ3n) is 3.51. The minimum absolute atomic E-state index is 0.154. The van der Waals surface area contributed by atoms with E-state index in [4.69, 9.17) is 5.73 Å². The van der Waals surface area contributed by atoms with Crippen molar-refractivity contribution in [3.63, 3.8) is 0 Å². The number of rotatable bonds is 8. The summed E-state index contributed by atoms with van der Waals surface area (Å²) in [5, 5.41) is 0. The molecule has 0 saturated carbocycles. The Morgan fingerprint density at radius 3 is 2.50 bits per heavy atom. The Morgan fingerprint density at radius 1 is 1.22 bits per heavy atom. The second-order valence-corrected chi connectivity index (χ2v) is 5.90. The molecular weight excluding hydrogens is 240 g/mol. The average molecular weight is 266 g/mol. The van der Waals surface area contributed by atoms with Gasteiger partial charge in [-0.25, -0.2) is 0 Å². The van der Waals surface area contributed by atoms with Gasteiger partial charge in [0.05, 0.1) is 0 Å². The molecule has 2 atom stereocenters. The lowest BCUT2D eigenvalue weighted by molar-refractivity contribution is 0.244. The summed E-state index contributed by atoms with van der Waals surface area (Å²) in [6.45, 7) is 3.36. The van der Waals surface area contributed by atoms with E-state index in [1.165, 1.54) is 17.7 Å². The molecule has 102 valence electrons. The number of benzene rings is 1. The summed E-state index contributed by atoms with van der Waals surface area (Å²) < 4.78 is 0. The summed E-state index contributed by atoms with van der Waals surface area (Å²) in [5.74, 6) is 1.23. The number of hydrogen-bond acceptors (Lipinski definition) is 3. The number of nitrogens with two attached hydrogens (primary N) is 1. The van der Waals surface area contributed by atoms with Crippen LogP contribution < -0.4 is 5.73 Å². The maximum Gasteiger partial charge on any atom is 0.0307 e. The van der Waals surface area contributed by atoms with Crippen LogP contribution in [0.1, 0.15) is 31.4 Å². The quantitative estimate of drug-likeness (QED) is 0.784. The SMILES string of the molecule is CSCCC(C)N(C)CCC(N)c1ccccc1. The van der Waals surface area contributed by atoms with Crippen molar-refractivity contribution in [2.75, 3.05) is 25.6 Å². The van der Waals surface area contributed by atoms with Crippen LogP contribution in [-0.2, 0) is 0 Å². The zero-order valence-electron chi connectivity index (χ0n) is 11.8. The molecule has 0 aromatic heterocycles. The highest BCUT2D eigenvalue weighted by Gasteiger charge is 2.11. The lowest BCUT2D eigenvalue weighted by atomic mass is 10.0. The topological polar surface area (TPSA) is 29.3 Å². The predicted molar refractivity (Wildman–Crippen MR) is 83.1 cm³/mol. The van der Waals surface area contributed by atoms with Crippen molar-refractivity contribution in [3.05, 3.63) is 35.9 Å². The number of nitrogens with zero attached hydrogens (tertiary/aromatic N) is 1. The lowest BCUT2D eigenvalue weighted by Gasteiger charge is -2.25. The van der Waals surface area contributed by atoms with Gasteiger partial charge in [0, 0.05) is 12.1 Å². The van der Waals surface area contributed by atoms with Crippen LogP contribution in [0, 0.1) is 0 Å². The molecule has 2 unspecified atom stereocenters. The Hall–Kier alpha value is -0.510. The number of hydrogen-bond donors (Lipinski definition) is 1. The molecule has 2 N–H and O–H groups in total. The molecule has 0 bridgehead atoms. The zero-order valence-corrected chi connectivity index (χ0v) is 12.6. The molecule has 0 aliphatic rings. The summed E-state index contributed by atoms with van der Waals surface area (Å²) in [6, 6.07) is 11.2. The second-order valence-electron chi connectivity index (χ2n) is 4.92. The molecule has 1 rings (SSSR count). The van der Waals surface area contributed by atoms with E-state index in [1.54, 1.807) is 0 Å². The van der Waals surface area contributed by atoms with Crippen LogP contribution >= 0.6 is 11.8 Å². The van der Waals surface area contributed by atoms with Crippen LogP contribution in [0.15, 0.2) is 30.3 Å². The maximum absolute atomic E-state index is 6.21. The monoisotopic (exact) mass is 266 g/mol. The third-order valence-corrected chi connectivity index (χ3v) is 4.16. The van der Waals surface area contributed by atoms with Gasteiger partial charge in [-0.15, -0.1) is 0 Å². The van der Waals surface area contributed by atoms with E-state index in [9.17, 15) is 0 Å². The molecule has 2 nitrogen and oxygen atoms in total. The second kappa shape index (κ2) is 8.57. The smallest absolute Gasteiger partial charge is 0.0307 e. The predicted octanol–water partition coefficient (Wildman–Crippen LogP) is 3.15. The first kappa shape index (κ1) is 15.5. The van der Waals surface area contributed by atoms with Gasteiger partial charge in [0.15, 0.2) is 0 Å². The molecule has 0 heterocycles. The first-order valence-electron chi connectivity index (χ1n) is 6.65. The van der Waals surface area contributed by atoms with E-state index in [0.29, 0.717) is 6.04 Å². The van der Waals surface area contributed by atoms with Crippen LogP contribution in [0.25, 0.3) is 0 Å². The van der Waals surface area contributed by atoms with E-state index in [2.05, 4.69) is 49.4 Å². The third kappa shape index (κ3) is 5.42. The summed E-state index contributed by atoms with van der Waals surface area (Å²) in [7, 11) is 2.20. The maximum atomic E-state index is 6.21. The van der Waals surface area contributed by atoms with E-state index < -0.39 is 0 Å². The normalized spacial score (nSPS) is 14.7. The molecule has 3 heteroatoms. The molecule has 0 fully saturated rings. The Morgan fingerprint density at radius 2 is 1.89 bits per heavy atom. The van der Waals surface area contributed by atoms with Gasteiger partial charge in [-0.2, -0.15) is 11.8 Å². The lowest BCUT2D eigenvalue weighted by Crippen LogP contribution is -2.32. The van der Waals surface area contributed by atoms with Gasteiger partial charge in [0.1, 0.15) is 0 Å². The number of thioether (sulfide) groups is 1. The summed E-state index contributed by atoms with van der Waals surface area (Å²) >= 11 is 1.92. The van der Waals surface area contributed by atoms with Crippen molar-refractivity contribution < 1.29 is 0 Å². The van der Waals surface area contributed by atoms with Gasteiger partial charge in [-0.1, -0.05) is 30.3 Å². The van der Waals surface area contributed by atoms with Gasteiger partial charge in [-0.05, 0) is 50.9 Å². The van der Waals surface area contributed by atoms with Crippen molar-refractivity contribution in [2.24, 2.45) is 5.73 Å². The summed E-state index contributed by atoms with van der Waals surface area (Å²) in [6.07, 6.45) is 4.43.